The van der Waals surface area contributed by atoms with Crippen LogP contribution < -0.4 is 10.4 Å². The van der Waals surface area contributed by atoms with Crippen LogP contribution in [0.5, 0.6) is 6.08 Å². The highest BCUT2D eigenvalue weighted by molar-refractivity contribution is 7.20. The van der Waals surface area contributed by atoms with Crippen molar-refractivity contribution >= 4 is 27.5 Å². The molecule has 0 spiro atoms. The zero-order valence-electron chi connectivity index (χ0n) is 17.9. The summed E-state index contributed by atoms with van der Waals surface area (Å²) in [6.07, 6.45) is 11.0. The Bertz CT molecular complexity index is 826. The molecule has 0 aliphatic carbocycles. The lowest BCUT2D eigenvalue weighted by Gasteiger charge is -2.03. The van der Waals surface area contributed by atoms with E-state index in [2.05, 4.69) is 18.8 Å². The normalized spacial score (nSPS) is 11.1. The summed E-state index contributed by atoms with van der Waals surface area (Å²) in [6.45, 7) is 6.92. The highest BCUT2D eigenvalue weighted by Gasteiger charge is 2.21. The number of rotatable bonds is 14. The van der Waals surface area contributed by atoms with E-state index in [9.17, 15) is 9.59 Å². The van der Waals surface area contributed by atoms with Gasteiger partial charge >= 0.3 is 17.7 Å². The highest BCUT2D eigenvalue weighted by atomic mass is 32.1. The third-order valence-electron chi connectivity index (χ3n) is 4.85. The molecule has 0 aliphatic rings. The standard InChI is InChI=1S/C22H33NO5S/c1-4-6-8-10-12-14-26-21(25)18-16(3)17-19(29-18)23-22(28-20(17)24)27-15-13-11-9-7-5-2/h4-15H2,1-3H3. The minimum Gasteiger partial charge on any atom is -0.462 e. The molecule has 0 aromatic carbocycles. The van der Waals surface area contributed by atoms with E-state index in [4.69, 9.17) is 13.9 Å². The number of hydrogen-bond donors (Lipinski definition) is 0. The molecule has 6 nitrogen and oxygen atoms in total. The second kappa shape index (κ2) is 12.6. The number of unbranched alkanes of at least 4 members (excludes halogenated alkanes) is 8. The van der Waals surface area contributed by atoms with Gasteiger partial charge in [0.1, 0.15) is 15.1 Å². The maximum absolute atomic E-state index is 12.4. The second-order valence-corrected chi connectivity index (χ2v) is 8.32. The molecule has 2 heterocycles. The summed E-state index contributed by atoms with van der Waals surface area (Å²) >= 11 is 1.16. The first kappa shape index (κ1) is 23.4. The maximum atomic E-state index is 12.4. The fourth-order valence-corrected chi connectivity index (χ4v) is 4.16. The van der Waals surface area contributed by atoms with Crippen molar-refractivity contribution in [3.8, 4) is 6.08 Å². The Morgan fingerprint density at radius 1 is 0.966 bits per heavy atom. The van der Waals surface area contributed by atoms with Crippen LogP contribution in [0.2, 0.25) is 0 Å². The van der Waals surface area contributed by atoms with Crippen LogP contribution in [0.1, 0.15) is 93.3 Å². The summed E-state index contributed by atoms with van der Waals surface area (Å²) in [5.41, 5.74) is 0.0386. The lowest BCUT2D eigenvalue weighted by molar-refractivity contribution is 0.0503. The van der Waals surface area contributed by atoms with E-state index in [1.807, 2.05) is 0 Å². The van der Waals surface area contributed by atoms with Crippen molar-refractivity contribution < 1.29 is 18.7 Å². The first-order chi connectivity index (χ1) is 14.1. The Kier molecular flexibility index (Phi) is 10.2. The number of carbonyl (C=O) groups is 1. The average Bonchev–Trinajstić information content (AvgIpc) is 3.04. The molecule has 0 saturated heterocycles. The van der Waals surface area contributed by atoms with Crippen molar-refractivity contribution in [1.82, 2.24) is 4.98 Å². The summed E-state index contributed by atoms with van der Waals surface area (Å²) in [5, 5.41) is 0.334. The monoisotopic (exact) mass is 423 g/mol. The maximum Gasteiger partial charge on any atom is 0.397 e. The van der Waals surface area contributed by atoms with Gasteiger partial charge < -0.3 is 13.9 Å². The van der Waals surface area contributed by atoms with Gasteiger partial charge in [0.05, 0.1) is 13.2 Å². The van der Waals surface area contributed by atoms with Crippen molar-refractivity contribution in [3.63, 3.8) is 0 Å². The Hall–Kier alpha value is -1.89. The van der Waals surface area contributed by atoms with Gasteiger partial charge in [-0.1, -0.05) is 65.2 Å². The van der Waals surface area contributed by atoms with Crippen molar-refractivity contribution in [2.45, 2.75) is 85.0 Å². The first-order valence-corrected chi connectivity index (χ1v) is 11.6. The number of ether oxygens (including phenoxy) is 2. The van der Waals surface area contributed by atoms with Crippen LogP contribution in [0.4, 0.5) is 0 Å². The molecule has 2 aromatic heterocycles. The van der Waals surface area contributed by atoms with Gasteiger partial charge in [-0.05, 0) is 25.3 Å². The molecule has 0 fully saturated rings. The van der Waals surface area contributed by atoms with E-state index in [0.717, 1.165) is 43.4 Å². The molecule has 0 amide bonds. The number of thiophene rings is 1. The topological polar surface area (TPSA) is 78.6 Å². The van der Waals surface area contributed by atoms with Gasteiger partial charge in [-0.25, -0.2) is 9.59 Å². The lowest BCUT2D eigenvalue weighted by Crippen LogP contribution is -2.07. The van der Waals surface area contributed by atoms with Crippen molar-refractivity contribution in [2.75, 3.05) is 13.2 Å². The number of nitrogens with zero attached hydrogens (tertiary/aromatic N) is 1. The van der Waals surface area contributed by atoms with Crippen molar-refractivity contribution in [2.24, 2.45) is 0 Å². The third kappa shape index (κ3) is 7.14. The molecule has 0 unspecified atom stereocenters. The Balaban J connectivity index is 1.95. The zero-order valence-corrected chi connectivity index (χ0v) is 18.7. The number of aryl methyl sites for hydroxylation is 1. The van der Waals surface area contributed by atoms with E-state index < -0.39 is 11.6 Å². The molecular formula is C22H33NO5S. The summed E-state index contributed by atoms with van der Waals surface area (Å²) in [4.78, 5) is 29.9. The summed E-state index contributed by atoms with van der Waals surface area (Å²) in [6, 6.07) is 0. The predicted molar refractivity (Wildman–Crippen MR) is 116 cm³/mol. The molecule has 0 N–H and O–H groups in total. The molecule has 2 aromatic rings. The van der Waals surface area contributed by atoms with Crippen molar-refractivity contribution in [3.05, 3.63) is 20.9 Å². The largest absolute Gasteiger partial charge is 0.462 e. The van der Waals surface area contributed by atoms with Crippen LogP contribution >= 0.6 is 11.3 Å². The van der Waals surface area contributed by atoms with Gasteiger partial charge in [0, 0.05) is 0 Å². The summed E-state index contributed by atoms with van der Waals surface area (Å²) in [5.74, 6) is -0.404. The fraction of sp³-hybridized carbons (Fsp3) is 0.682. The van der Waals surface area contributed by atoms with E-state index >= 15 is 0 Å². The molecule has 7 heteroatoms. The van der Waals surface area contributed by atoms with Gasteiger partial charge in [0.25, 0.3) is 0 Å². The van der Waals surface area contributed by atoms with Crippen LogP contribution in [0.25, 0.3) is 10.2 Å². The predicted octanol–water partition coefficient (Wildman–Crippen LogP) is 6.03. The first-order valence-electron chi connectivity index (χ1n) is 10.8. The summed E-state index contributed by atoms with van der Waals surface area (Å²) in [7, 11) is 0. The SMILES string of the molecule is CCCCCCCOC(=O)c1sc2nc(OCCCCCCC)oc(=O)c2c1C. The zero-order chi connectivity index (χ0) is 21.1. The summed E-state index contributed by atoms with van der Waals surface area (Å²) < 4.78 is 16.1. The lowest BCUT2D eigenvalue weighted by atomic mass is 10.2. The van der Waals surface area contributed by atoms with Crippen LogP contribution in [0.15, 0.2) is 9.21 Å². The van der Waals surface area contributed by atoms with E-state index in [0.29, 0.717) is 33.9 Å². The number of esters is 1. The van der Waals surface area contributed by atoms with E-state index in [-0.39, 0.29) is 6.08 Å². The minimum atomic E-state index is -0.525. The Morgan fingerprint density at radius 2 is 1.59 bits per heavy atom. The third-order valence-corrected chi connectivity index (χ3v) is 6.01. The highest BCUT2D eigenvalue weighted by Crippen LogP contribution is 2.29. The molecule has 2 rings (SSSR count). The minimum absolute atomic E-state index is 0.0323. The van der Waals surface area contributed by atoms with E-state index in [1.165, 1.54) is 32.1 Å². The van der Waals surface area contributed by atoms with Crippen LogP contribution in [0, 0.1) is 6.92 Å². The molecule has 0 aliphatic heterocycles. The second-order valence-electron chi connectivity index (χ2n) is 7.32. The molecular weight excluding hydrogens is 390 g/mol. The molecule has 0 bridgehead atoms. The molecule has 0 radical (unpaired) electrons. The number of fused-ring (bicyclic) bond motifs is 1. The number of carbonyl (C=O) groups excluding carboxylic acids is 1. The van der Waals surface area contributed by atoms with Gasteiger partial charge in [-0.15, -0.1) is 11.3 Å². The molecule has 0 saturated carbocycles. The number of hydrogen-bond acceptors (Lipinski definition) is 7. The average molecular weight is 424 g/mol. The van der Waals surface area contributed by atoms with Gasteiger partial charge in [-0.3, -0.25) is 0 Å². The Labute approximate surface area is 176 Å². The van der Waals surface area contributed by atoms with Crippen LogP contribution in [-0.4, -0.2) is 24.2 Å². The van der Waals surface area contributed by atoms with Gasteiger partial charge in [0.2, 0.25) is 0 Å². The quantitative estimate of drug-likeness (QED) is 0.272. The Morgan fingerprint density at radius 3 is 2.24 bits per heavy atom. The van der Waals surface area contributed by atoms with E-state index in [1.54, 1.807) is 6.92 Å². The smallest absolute Gasteiger partial charge is 0.397 e. The van der Waals surface area contributed by atoms with Crippen LogP contribution in [-0.2, 0) is 4.74 Å². The molecule has 0 atom stereocenters. The van der Waals surface area contributed by atoms with Gasteiger partial charge in [-0.2, -0.15) is 4.98 Å². The molecule has 162 valence electrons. The van der Waals surface area contributed by atoms with Gasteiger partial charge in [0.15, 0.2) is 0 Å². The number of aromatic nitrogens is 1. The fourth-order valence-electron chi connectivity index (χ4n) is 3.11. The van der Waals surface area contributed by atoms with Crippen LogP contribution in [0.3, 0.4) is 0 Å². The molecule has 29 heavy (non-hydrogen) atoms. The van der Waals surface area contributed by atoms with Crippen molar-refractivity contribution in [1.29, 1.82) is 0 Å².